The maximum Gasteiger partial charge on any atom is 0.133 e. The number of rotatable bonds is 5. The van der Waals surface area contributed by atoms with Crippen LogP contribution in [-0.2, 0) is 0 Å². The van der Waals surface area contributed by atoms with Crippen LogP contribution >= 0.6 is 15.9 Å². The van der Waals surface area contributed by atoms with Gasteiger partial charge in [0, 0.05) is 6.04 Å². The number of ether oxygens (including phenoxy) is 1. The first-order chi connectivity index (χ1) is 10.0. The number of benzene rings is 1. The largest absolute Gasteiger partial charge is 0.496 e. The summed E-state index contributed by atoms with van der Waals surface area (Å²) in [4.78, 5) is 0. The van der Waals surface area contributed by atoms with Crippen LogP contribution < -0.4 is 10.1 Å². The summed E-state index contributed by atoms with van der Waals surface area (Å²) < 4.78 is 6.40. The Morgan fingerprint density at radius 1 is 1.24 bits per heavy atom. The second-order valence-corrected chi connectivity index (χ2v) is 7.46. The van der Waals surface area contributed by atoms with E-state index in [-0.39, 0.29) is 0 Å². The van der Waals surface area contributed by atoms with E-state index in [1.165, 1.54) is 24.8 Å². The lowest BCUT2D eigenvalue weighted by atomic mass is 9.72. The van der Waals surface area contributed by atoms with Crippen LogP contribution in [-0.4, -0.2) is 13.7 Å². The van der Waals surface area contributed by atoms with Gasteiger partial charge in [-0.15, -0.1) is 0 Å². The van der Waals surface area contributed by atoms with Crippen molar-refractivity contribution < 1.29 is 4.74 Å². The Labute approximate surface area is 137 Å². The predicted octanol–water partition coefficient (Wildman–Crippen LogP) is 5.18. The van der Waals surface area contributed by atoms with Crippen LogP contribution in [0.5, 0.6) is 5.75 Å². The number of hydrogen-bond acceptors (Lipinski definition) is 2. The lowest BCUT2D eigenvalue weighted by Crippen LogP contribution is -2.33. The van der Waals surface area contributed by atoms with Crippen LogP contribution in [0.25, 0.3) is 0 Å². The summed E-state index contributed by atoms with van der Waals surface area (Å²) in [6.45, 7) is 8.00. The number of methoxy groups -OCH3 is 1. The van der Waals surface area contributed by atoms with E-state index >= 15 is 0 Å². The summed E-state index contributed by atoms with van der Waals surface area (Å²) in [5, 5.41) is 3.71. The molecule has 2 rings (SSSR count). The minimum atomic E-state index is 0.447. The highest BCUT2D eigenvalue weighted by Crippen LogP contribution is 2.41. The number of nitrogens with one attached hydrogen (secondary N) is 1. The third-order valence-electron chi connectivity index (χ3n) is 4.65. The van der Waals surface area contributed by atoms with Gasteiger partial charge in [-0.1, -0.05) is 26.8 Å². The van der Waals surface area contributed by atoms with Gasteiger partial charge in [-0.3, -0.25) is 0 Å². The molecule has 1 aromatic carbocycles. The van der Waals surface area contributed by atoms with Gasteiger partial charge in [-0.05, 0) is 77.2 Å². The van der Waals surface area contributed by atoms with Crippen molar-refractivity contribution in [1.29, 1.82) is 0 Å². The van der Waals surface area contributed by atoms with Crippen LogP contribution in [0.4, 0.5) is 0 Å². The maximum absolute atomic E-state index is 5.35. The van der Waals surface area contributed by atoms with E-state index in [0.29, 0.717) is 6.04 Å². The molecule has 0 aliphatic heterocycles. The average Bonchev–Trinajstić information content (AvgIpc) is 2.43. The molecule has 0 radical (unpaired) electrons. The zero-order valence-corrected chi connectivity index (χ0v) is 15.2. The van der Waals surface area contributed by atoms with Crippen molar-refractivity contribution in [3.63, 3.8) is 0 Å². The normalized spacial score (nSPS) is 27.4. The van der Waals surface area contributed by atoms with E-state index < -0.39 is 0 Å². The number of halogens is 1. The molecule has 1 aliphatic carbocycles. The quantitative estimate of drug-likeness (QED) is 0.787. The third kappa shape index (κ3) is 4.23. The Hall–Kier alpha value is -0.540. The second-order valence-electron chi connectivity index (χ2n) is 6.61. The summed E-state index contributed by atoms with van der Waals surface area (Å²) in [5.41, 5.74) is 1.37. The van der Waals surface area contributed by atoms with Gasteiger partial charge in [0.05, 0.1) is 11.6 Å². The summed E-state index contributed by atoms with van der Waals surface area (Å²) in [5.74, 6) is 3.30. The minimum Gasteiger partial charge on any atom is -0.496 e. The smallest absolute Gasteiger partial charge is 0.133 e. The van der Waals surface area contributed by atoms with Crippen LogP contribution in [0.2, 0.25) is 0 Å². The van der Waals surface area contributed by atoms with Gasteiger partial charge in [-0.2, -0.15) is 0 Å². The molecule has 0 spiro atoms. The summed E-state index contributed by atoms with van der Waals surface area (Å²) in [6, 6.07) is 6.94. The topological polar surface area (TPSA) is 21.3 Å². The Kier molecular flexibility index (Phi) is 6.12. The van der Waals surface area contributed by atoms with Crippen molar-refractivity contribution in [3.05, 3.63) is 28.2 Å². The van der Waals surface area contributed by atoms with E-state index in [9.17, 15) is 0 Å². The molecule has 3 atom stereocenters. The van der Waals surface area contributed by atoms with Gasteiger partial charge in [0.15, 0.2) is 0 Å². The van der Waals surface area contributed by atoms with Crippen molar-refractivity contribution in [3.8, 4) is 5.75 Å². The predicted molar refractivity (Wildman–Crippen MR) is 92.8 cm³/mol. The zero-order valence-electron chi connectivity index (χ0n) is 13.7. The second kappa shape index (κ2) is 7.64. The van der Waals surface area contributed by atoms with Gasteiger partial charge in [-0.25, -0.2) is 0 Å². The molecule has 3 unspecified atom stereocenters. The minimum absolute atomic E-state index is 0.447. The average molecular weight is 354 g/mol. The molecule has 0 bridgehead atoms. The van der Waals surface area contributed by atoms with Crippen LogP contribution in [0, 0.1) is 17.8 Å². The monoisotopic (exact) mass is 353 g/mol. The van der Waals surface area contributed by atoms with E-state index in [1.807, 2.05) is 0 Å². The van der Waals surface area contributed by atoms with Gasteiger partial charge in [0.2, 0.25) is 0 Å². The molecule has 118 valence electrons. The molecule has 0 heterocycles. The van der Waals surface area contributed by atoms with Gasteiger partial charge < -0.3 is 10.1 Å². The Bertz CT molecular complexity index is 453. The van der Waals surface area contributed by atoms with Crippen LogP contribution in [0.3, 0.4) is 0 Å². The van der Waals surface area contributed by atoms with E-state index in [4.69, 9.17) is 4.74 Å². The first-order valence-corrected chi connectivity index (χ1v) is 8.91. The molecule has 1 fully saturated rings. The number of hydrogen-bond donors (Lipinski definition) is 1. The SMILES string of the molecule is CCNC(c1ccc(OC)c(Br)c1)C1CC(C)CC(C)C1. The molecule has 3 heteroatoms. The standard InChI is InChI=1S/C18H28BrNO/c1-5-20-18(15-9-12(2)8-13(3)10-15)14-6-7-17(21-4)16(19)11-14/h6-7,11-13,15,18,20H,5,8-10H2,1-4H3. The lowest BCUT2D eigenvalue weighted by Gasteiger charge is -2.37. The summed E-state index contributed by atoms with van der Waals surface area (Å²) in [7, 11) is 1.71. The molecule has 1 aliphatic rings. The zero-order chi connectivity index (χ0) is 15.4. The van der Waals surface area contributed by atoms with Gasteiger partial charge >= 0.3 is 0 Å². The van der Waals surface area contributed by atoms with E-state index in [0.717, 1.165) is 34.5 Å². The molecule has 21 heavy (non-hydrogen) atoms. The highest BCUT2D eigenvalue weighted by molar-refractivity contribution is 9.10. The lowest BCUT2D eigenvalue weighted by molar-refractivity contribution is 0.177. The van der Waals surface area contributed by atoms with Crippen LogP contribution in [0.1, 0.15) is 51.6 Å². The molecule has 0 amide bonds. The Morgan fingerprint density at radius 3 is 2.43 bits per heavy atom. The Morgan fingerprint density at radius 2 is 1.90 bits per heavy atom. The maximum atomic E-state index is 5.35. The fourth-order valence-corrected chi connectivity index (χ4v) is 4.49. The third-order valence-corrected chi connectivity index (χ3v) is 5.27. The fraction of sp³-hybridized carbons (Fsp3) is 0.667. The van der Waals surface area contributed by atoms with E-state index in [2.05, 4.69) is 60.2 Å². The first-order valence-electron chi connectivity index (χ1n) is 8.11. The fourth-order valence-electron chi connectivity index (χ4n) is 3.93. The molecular formula is C18H28BrNO. The molecule has 1 N–H and O–H groups in total. The first kappa shape index (κ1) is 16.8. The van der Waals surface area contributed by atoms with Crippen molar-refractivity contribution in [1.82, 2.24) is 5.32 Å². The van der Waals surface area contributed by atoms with Crippen LogP contribution in [0.15, 0.2) is 22.7 Å². The van der Waals surface area contributed by atoms with Crippen molar-refractivity contribution in [2.24, 2.45) is 17.8 Å². The summed E-state index contributed by atoms with van der Waals surface area (Å²) in [6.07, 6.45) is 4.03. The molecule has 1 saturated carbocycles. The van der Waals surface area contributed by atoms with Gasteiger partial charge in [0.1, 0.15) is 5.75 Å². The van der Waals surface area contributed by atoms with Crippen molar-refractivity contribution >= 4 is 15.9 Å². The Balaban J connectivity index is 2.23. The van der Waals surface area contributed by atoms with Crippen molar-refractivity contribution in [2.75, 3.05) is 13.7 Å². The highest BCUT2D eigenvalue weighted by Gasteiger charge is 2.30. The molecule has 0 aromatic heterocycles. The van der Waals surface area contributed by atoms with E-state index in [1.54, 1.807) is 7.11 Å². The molecule has 0 saturated heterocycles. The highest BCUT2D eigenvalue weighted by atomic mass is 79.9. The van der Waals surface area contributed by atoms with Gasteiger partial charge in [0.25, 0.3) is 0 Å². The molecule has 2 nitrogen and oxygen atoms in total. The van der Waals surface area contributed by atoms with Crippen molar-refractivity contribution in [2.45, 2.75) is 46.1 Å². The molecule has 1 aromatic rings. The molecular weight excluding hydrogens is 326 g/mol. The summed E-state index contributed by atoms with van der Waals surface area (Å²) >= 11 is 3.62.